The number of benzene rings is 2. The van der Waals surface area contributed by atoms with Gasteiger partial charge in [0.05, 0.1) is 17.4 Å². The minimum Gasteiger partial charge on any atom is -0.362 e. The number of halogens is 3. The molecule has 1 aliphatic rings. The van der Waals surface area contributed by atoms with Gasteiger partial charge in [-0.1, -0.05) is 30.3 Å². The number of rotatable bonds is 3. The summed E-state index contributed by atoms with van der Waals surface area (Å²) in [7, 11) is -5.39. The molecule has 0 radical (unpaired) electrons. The van der Waals surface area contributed by atoms with Crippen molar-refractivity contribution in [1.82, 2.24) is 5.32 Å². The van der Waals surface area contributed by atoms with Crippen LogP contribution >= 0.6 is 0 Å². The molecular formula is C18H17F3N2O3S. The van der Waals surface area contributed by atoms with Crippen molar-refractivity contribution in [2.75, 3.05) is 18.0 Å². The van der Waals surface area contributed by atoms with Crippen molar-refractivity contribution >= 4 is 21.4 Å². The predicted octanol–water partition coefficient (Wildman–Crippen LogP) is 3.05. The number of amides is 1. The molecule has 3 rings (SSSR count). The lowest BCUT2D eigenvalue weighted by Crippen LogP contribution is -2.31. The average molecular weight is 398 g/mol. The van der Waals surface area contributed by atoms with E-state index in [1.807, 2.05) is 35.2 Å². The molecule has 5 nitrogen and oxygen atoms in total. The summed E-state index contributed by atoms with van der Waals surface area (Å²) in [6, 6.07) is 13.5. The molecule has 1 saturated heterocycles. The number of anilines is 1. The zero-order valence-corrected chi connectivity index (χ0v) is 14.9. The summed E-state index contributed by atoms with van der Waals surface area (Å²) in [5.74, 6) is -0.123. The van der Waals surface area contributed by atoms with E-state index < -0.39 is 20.2 Å². The third kappa shape index (κ3) is 3.92. The van der Waals surface area contributed by atoms with Gasteiger partial charge in [0.1, 0.15) is 0 Å². The van der Waals surface area contributed by atoms with Gasteiger partial charge in [0, 0.05) is 18.8 Å². The van der Waals surface area contributed by atoms with E-state index in [1.165, 1.54) is 12.1 Å². The quantitative estimate of drug-likeness (QED) is 0.863. The molecule has 27 heavy (non-hydrogen) atoms. The van der Waals surface area contributed by atoms with Gasteiger partial charge in [0.25, 0.3) is 9.84 Å². The van der Waals surface area contributed by atoms with E-state index in [2.05, 4.69) is 5.32 Å². The maximum absolute atomic E-state index is 12.7. The Kier molecular flexibility index (Phi) is 5.14. The summed E-state index contributed by atoms with van der Waals surface area (Å²) >= 11 is 0. The lowest BCUT2D eigenvalue weighted by Gasteiger charge is -2.31. The Labute approximate surface area is 154 Å². The van der Waals surface area contributed by atoms with Crippen LogP contribution in [0.4, 0.5) is 18.9 Å². The number of nitrogens with one attached hydrogen (secondary N) is 1. The standard InChI is InChI=1S/C18H17F3N2O3S/c19-18(20,21)27(25,26)15-8-6-14(7-9-15)23-11-10-22-17(24)12-16(23)13-4-2-1-3-5-13/h1-9,16H,10-12H2,(H,22,24). The summed E-state index contributed by atoms with van der Waals surface area (Å²) in [5, 5.41) is 2.77. The van der Waals surface area contributed by atoms with Gasteiger partial charge < -0.3 is 10.2 Å². The molecule has 9 heteroatoms. The highest BCUT2D eigenvalue weighted by atomic mass is 32.2. The fourth-order valence-electron chi connectivity index (χ4n) is 3.06. The third-order valence-corrected chi connectivity index (χ3v) is 5.90. The van der Waals surface area contributed by atoms with Crippen LogP contribution in [0.25, 0.3) is 0 Å². The fourth-order valence-corrected chi connectivity index (χ4v) is 3.82. The number of carbonyl (C=O) groups excluding carboxylic acids is 1. The van der Waals surface area contributed by atoms with Crippen molar-refractivity contribution < 1.29 is 26.4 Å². The summed E-state index contributed by atoms with van der Waals surface area (Å²) < 4.78 is 61.2. The van der Waals surface area contributed by atoms with Crippen molar-refractivity contribution in [2.45, 2.75) is 22.9 Å². The Bertz CT molecular complexity index is 913. The fraction of sp³-hybridized carbons (Fsp3) is 0.278. The van der Waals surface area contributed by atoms with Gasteiger partial charge in [0.2, 0.25) is 5.91 Å². The van der Waals surface area contributed by atoms with Crippen molar-refractivity contribution in [3.63, 3.8) is 0 Å². The second kappa shape index (κ2) is 7.22. The smallest absolute Gasteiger partial charge is 0.362 e. The van der Waals surface area contributed by atoms with E-state index >= 15 is 0 Å². The first-order valence-electron chi connectivity index (χ1n) is 8.20. The third-order valence-electron chi connectivity index (χ3n) is 4.40. The normalized spacial score (nSPS) is 18.7. The van der Waals surface area contributed by atoms with Gasteiger partial charge in [0.15, 0.2) is 0 Å². The summed E-state index contributed by atoms with van der Waals surface area (Å²) in [6.45, 7) is 0.821. The van der Waals surface area contributed by atoms with Crippen LogP contribution in [0.1, 0.15) is 18.0 Å². The number of alkyl halides is 3. The van der Waals surface area contributed by atoms with E-state index in [9.17, 15) is 26.4 Å². The molecule has 1 atom stereocenters. The molecule has 1 unspecified atom stereocenters. The van der Waals surface area contributed by atoms with Crippen molar-refractivity contribution in [1.29, 1.82) is 0 Å². The molecule has 2 aromatic carbocycles. The van der Waals surface area contributed by atoms with Crippen molar-refractivity contribution in [3.8, 4) is 0 Å². The molecule has 1 aliphatic heterocycles. The maximum Gasteiger partial charge on any atom is 0.501 e. The number of nitrogens with zero attached hydrogens (tertiary/aromatic N) is 1. The minimum absolute atomic E-state index is 0.123. The molecule has 1 amide bonds. The topological polar surface area (TPSA) is 66.5 Å². The summed E-state index contributed by atoms with van der Waals surface area (Å²) in [6.07, 6.45) is 0.187. The largest absolute Gasteiger partial charge is 0.501 e. The number of carbonyl (C=O) groups is 1. The minimum atomic E-state index is -5.39. The Balaban J connectivity index is 1.96. The van der Waals surface area contributed by atoms with Crippen LogP contribution in [0, 0.1) is 0 Å². The first kappa shape index (κ1) is 19.2. The Morgan fingerprint density at radius 3 is 2.22 bits per heavy atom. The molecule has 1 N–H and O–H groups in total. The zero-order chi connectivity index (χ0) is 19.7. The molecule has 144 valence electrons. The Morgan fingerprint density at radius 2 is 1.63 bits per heavy atom. The lowest BCUT2D eigenvalue weighted by atomic mass is 10.0. The molecular weight excluding hydrogens is 381 g/mol. The number of hydrogen-bond acceptors (Lipinski definition) is 4. The summed E-state index contributed by atoms with van der Waals surface area (Å²) in [5.41, 5.74) is -3.91. The average Bonchev–Trinajstić information content (AvgIpc) is 2.83. The number of hydrogen-bond donors (Lipinski definition) is 1. The first-order chi connectivity index (χ1) is 12.7. The summed E-state index contributed by atoms with van der Waals surface area (Å²) in [4.78, 5) is 13.1. The van der Waals surface area contributed by atoms with Crippen LogP contribution in [0.2, 0.25) is 0 Å². The van der Waals surface area contributed by atoms with Crippen LogP contribution in [-0.2, 0) is 14.6 Å². The van der Waals surface area contributed by atoms with Crippen molar-refractivity contribution in [2.24, 2.45) is 0 Å². The second-order valence-corrected chi connectivity index (χ2v) is 8.06. The van der Waals surface area contributed by atoms with Crippen LogP contribution in [-0.4, -0.2) is 32.9 Å². The SMILES string of the molecule is O=C1CC(c2ccccc2)N(c2ccc(S(=O)(=O)C(F)(F)F)cc2)CCN1. The van der Waals surface area contributed by atoms with E-state index in [1.54, 1.807) is 0 Å². The predicted molar refractivity (Wildman–Crippen MR) is 93.8 cm³/mol. The highest BCUT2D eigenvalue weighted by Gasteiger charge is 2.46. The highest BCUT2D eigenvalue weighted by molar-refractivity contribution is 7.92. The maximum atomic E-state index is 12.7. The van der Waals surface area contributed by atoms with E-state index in [-0.39, 0.29) is 18.4 Å². The van der Waals surface area contributed by atoms with E-state index in [4.69, 9.17) is 0 Å². The Hall–Kier alpha value is -2.55. The monoisotopic (exact) mass is 398 g/mol. The number of sulfone groups is 1. The molecule has 1 heterocycles. The van der Waals surface area contributed by atoms with Gasteiger partial charge in [-0.05, 0) is 29.8 Å². The van der Waals surface area contributed by atoms with Gasteiger partial charge in [-0.25, -0.2) is 8.42 Å². The van der Waals surface area contributed by atoms with E-state index in [0.717, 1.165) is 17.7 Å². The van der Waals surface area contributed by atoms with Crippen LogP contribution in [0.3, 0.4) is 0 Å². The van der Waals surface area contributed by atoms with Crippen LogP contribution < -0.4 is 10.2 Å². The van der Waals surface area contributed by atoms with Gasteiger partial charge in [-0.2, -0.15) is 13.2 Å². The van der Waals surface area contributed by atoms with E-state index in [0.29, 0.717) is 18.8 Å². The second-order valence-electron chi connectivity index (χ2n) is 6.12. The molecule has 0 bridgehead atoms. The first-order valence-corrected chi connectivity index (χ1v) is 9.68. The molecule has 0 aromatic heterocycles. The van der Waals surface area contributed by atoms with Gasteiger partial charge >= 0.3 is 5.51 Å². The van der Waals surface area contributed by atoms with Crippen molar-refractivity contribution in [3.05, 3.63) is 60.2 Å². The van der Waals surface area contributed by atoms with Gasteiger partial charge in [-0.3, -0.25) is 4.79 Å². The Morgan fingerprint density at radius 1 is 1.00 bits per heavy atom. The molecule has 0 aliphatic carbocycles. The van der Waals surface area contributed by atoms with Gasteiger partial charge in [-0.15, -0.1) is 0 Å². The molecule has 2 aromatic rings. The van der Waals surface area contributed by atoms with Crippen LogP contribution in [0.15, 0.2) is 59.5 Å². The van der Waals surface area contributed by atoms with Crippen LogP contribution in [0.5, 0.6) is 0 Å². The lowest BCUT2D eigenvalue weighted by molar-refractivity contribution is -0.121. The highest BCUT2D eigenvalue weighted by Crippen LogP contribution is 2.34. The zero-order valence-electron chi connectivity index (χ0n) is 14.1. The molecule has 0 saturated carbocycles. The molecule has 1 fully saturated rings. The molecule has 0 spiro atoms.